The van der Waals surface area contributed by atoms with Gasteiger partial charge in [-0.05, 0) is 86.1 Å². The molecule has 238 valence electrons. The molecule has 0 spiro atoms. The van der Waals surface area contributed by atoms with E-state index in [1.165, 1.54) is 46.3 Å². The van der Waals surface area contributed by atoms with Gasteiger partial charge in [-0.1, -0.05) is 83.1 Å². The molecule has 0 fully saturated rings. The van der Waals surface area contributed by atoms with Gasteiger partial charge in [-0.2, -0.15) is 0 Å². The quantitative estimate of drug-likeness (QED) is 0.111. The molecule has 6 nitrogen and oxygen atoms in total. The molecule has 0 bridgehead atoms. The Bertz CT molecular complexity index is 1120. The van der Waals surface area contributed by atoms with E-state index in [0.717, 1.165) is 62.5 Å². The second-order valence-electron chi connectivity index (χ2n) is 10.8. The zero-order valence-electron chi connectivity index (χ0n) is 26.9. The lowest BCUT2D eigenvalue weighted by Crippen LogP contribution is -1.93. The molecule has 0 aliphatic carbocycles. The van der Waals surface area contributed by atoms with Gasteiger partial charge >= 0.3 is 0 Å². The van der Waals surface area contributed by atoms with E-state index in [0.29, 0.717) is 24.3 Å². The Morgan fingerprint density at radius 2 is 1.02 bits per heavy atom. The molecule has 2 N–H and O–H groups in total. The maximum atomic E-state index is 11.7. The van der Waals surface area contributed by atoms with E-state index in [4.69, 9.17) is 9.47 Å². The maximum Gasteiger partial charge on any atom is 0.160 e. The summed E-state index contributed by atoms with van der Waals surface area (Å²) in [7, 11) is 3.08. The first-order valence-corrected chi connectivity index (χ1v) is 15.9. The second-order valence-corrected chi connectivity index (χ2v) is 10.8. The standard InChI is InChI=1S/C19H28O3.C18H26O3/c1-3-4-5-6-7-11-17(20)12-9-8-10-16-13-14-18(21)19(15-16)22-2;1-3-4-5-6-10-16(19)11-8-7-9-15-12-13-17(20)18(14-15)21-2/h9,12-15,21H,3-8,10-11H2,1-2H3;8,11-14,20H,3-7,9-10H2,1-2H3. The molecule has 0 saturated carbocycles. The number of unbranched alkanes of at least 4 members (excludes halogenated alkanes) is 7. The van der Waals surface area contributed by atoms with Gasteiger partial charge in [0, 0.05) is 12.8 Å². The Labute approximate surface area is 259 Å². The molecule has 0 saturated heterocycles. The Morgan fingerprint density at radius 3 is 1.42 bits per heavy atom. The van der Waals surface area contributed by atoms with Crippen molar-refractivity contribution in [2.45, 2.75) is 110 Å². The van der Waals surface area contributed by atoms with E-state index in [-0.39, 0.29) is 23.1 Å². The van der Waals surface area contributed by atoms with E-state index in [9.17, 15) is 19.8 Å². The lowest BCUT2D eigenvalue weighted by molar-refractivity contribution is -0.115. The third-order valence-corrected chi connectivity index (χ3v) is 7.10. The minimum absolute atomic E-state index is 0.152. The summed E-state index contributed by atoms with van der Waals surface area (Å²) < 4.78 is 10.2. The first-order valence-electron chi connectivity index (χ1n) is 15.9. The average molecular weight is 595 g/mol. The Kier molecular flexibility index (Phi) is 20.9. The summed E-state index contributed by atoms with van der Waals surface area (Å²) in [5.41, 5.74) is 2.18. The van der Waals surface area contributed by atoms with Crippen LogP contribution in [-0.4, -0.2) is 36.0 Å². The fraction of sp³-hybridized carbons (Fsp3) is 0.514. The predicted molar refractivity (Wildman–Crippen MR) is 176 cm³/mol. The summed E-state index contributed by atoms with van der Waals surface area (Å²) in [6, 6.07) is 10.7. The topological polar surface area (TPSA) is 93.1 Å². The van der Waals surface area contributed by atoms with E-state index in [1.54, 1.807) is 24.3 Å². The average Bonchev–Trinajstić information content (AvgIpc) is 3.01. The third-order valence-electron chi connectivity index (χ3n) is 7.10. The summed E-state index contributed by atoms with van der Waals surface area (Å²) in [6.07, 6.45) is 22.3. The van der Waals surface area contributed by atoms with Crippen LogP contribution in [0.2, 0.25) is 0 Å². The number of allylic oxidation sites excluding steroid dienone is 4. The molecule has 0 radical (unpaired) electrons. The fourth-order valence-electron chi connectivity index (χ4n) is 4.48. The molecular weight excluding hydrogens is 540 g/mol. The normalized spacial score (nSPS) is 11.0. The number of phenolic OH excluding ortho intramolecular Hbond substituents is 2. The lowest BCUT2D eigenvalue weighted by Gasteiger charge is -2.05. The summed E-state index contributed by atoms with van der Waals surface area (Å²) >= 11 is 0. The first-order chi connectivity index (χ1) is 20.8. The van der Waals surface area contributed by atoms with Crippen LogP contribution in [-0.2, 0) is 22.4 Å². The van der Waals surface area contributed by atoms with Crippen molar-refractivity contribution in [3.63, 3.8) is 0 Å². The van der Waals surface area contributed by atoms with Gasteiger partial charge in [0.05, 0.1) is 14.2 Å². The fourth-order valence-corrected chi connectivity index (χ4v) is 4.48. The monoisotopic (exact) mass is 594 g/mol. The Balaban J connectivity index is 0.000000430. The van der Waals surface area contributed by atoms with Crippen molar-refractivity contribution in [1.82, 2.24) is 0 Å². The first kappa shape index (κ1) is 37.5. The van der Waals surface area contributed by atoms with Gasteiger partial charge in [-0.25, -0.2) is 0 Å². The highest BCUT2D eigenvalue weighted by atomic mass is 16.5. The van der Waals surface area contributed by atoms with Gasteiger partial charge < -0.3 is 19.7 Å². The molecule has 6 heteroatoms. The van der Waals surface area contributed by atoms with Crippen molar-refractivity contribution >= 4 is 11.6 Å². The molecule has 43 heavy (non-hydrogen) atoms. The summed E-state index contributed by atoms with van der Waals surface area (Å²) in [6.45, 7) is 4.36. The largest absolute Gasteiger partial charge is 0.504 e. The number of aryl methyl sites for hydroxylation is 2. The molecule has 0 aromatic heterocycles. The molecule has 0 amide bonds. The highest BCUT2D eigenvalue weighted by Crippen LogP contribution is 2.27. The summed E-state index contributed by atoms with van der Waals surface area (Å²) in [5, 5.41) is 19.0. The smallest absolute Gasteiger partial charge is 0.160 e. The van der Waals surface area contributed by atoms with Crippen LogP contribution >= 0.6 is 0 Å². The van der Waals surface area contributed by atoms with Crippen LogP contribution in [0.1, 0.15) is 108 Å². The van der Waals surface area contributed by atoms with Gasteiger partial charge in [0.25, 0.3) is 0 Å². The zero-order valence-corrected chi connectivity index (χ0v) is 26.9. The minimum Gasteiger partial charge on any atom is -0.504 e. The van der Waals surface area contributed by atoms with Crippen molar-refractivity contribution in [2.24, 2.45) is 0 Å². The summed E-state index contributed by atoms with van der Waals surface area (Å²) in [4.78, 5) is 23.3. The Morgan fingerprint density at radius 1 is 0.628 bits per heavy atom. The van der Waals surface area contributed by atoms with E-state index in [2.05, 4.69) is 13.8 Å². The van der Waals surface area contributed by atoms with Crippen LogP contribution in [0.3, 0.4) is 0 Å². The number of carbonyl (C=O) groups is 2. The second kappa shape index (κ2) is 24.0. The van der Waals surface area contributed by atoms with Crippen LogP contribution in [0.25, 0.3) is 0 Å². The highest BCUT2D eigenvalue weighted by Gasteiger charge is 2.03. The van der Waals surface area contributed by atoms with Crippen molar-refractivity contribution in [2.75, 3.05) is 14.2 Å². The molecule has 2 aromatic carbocycles. The van der Waals surface area contributed by atoms with Gasteiger partial charge in [0.15, 0.2) is 34.6 Å². The number of rotatable bonds is 21. The molecular formula is C37H54O6. The van der Waals surface area contributed by atoms with Gasteiger partial charge in [-0.15, -0.1) is 0 Å². The molecule has 0 aliphatic heterocycles. The third kappa shape index (κ3) is 17.9. The molecule has 0 heterocycles. The number of benzene rings is 2. The number of hydrogen-bond donors (Lipinski definition) is 2. The molecule has 0 unspecified atom stereocenters. The minimum atomic E-state index is 0.152. The number of carbonyl (C=O) groups excluding carboxylic acids is 2. The number of aromatic hydroxyl groups is 2. The van der Waals surface area contributed by atoms with Gasteiger partial charge in [0.2, 0.25) is 0 Å². The highest BCUT2D eigenvalue weighted by molar-refractivity contribution is 5.89. The molecule has 0 atom stereocenters. The molecule has 2 aromatic rings. The number of ketones is 2. The van der Waals surface area contributed by atoms with Crippen LogP contribution in [0.4, 0.5) is 0 Å². The maximum absolute atomic E-state index is 11.7. The number of hydrogen-bond acceptors (Lipinski definition) is 6. The van der Waals surface area contributed by atoms with Crippen LogP contribution in [0.5, 0.6) is 23.0 Å². The molecule has 0 aliphatic rings. The van der Waals surface area contributed by atoms with Crippen LogP contribution < -0.4 is 9.47 Å². The van der Waals surface area contributed by atoms with Crippen molar-refractivity contribution < 1.29 is 29.3 Å². The van der Waals surface area contributed by atoms with Gasteiger partial charge in [0.1, 0.15) is 0 Å². The van der Waals surface area contributed by atoms with E-state index < -0.39 is 0 Å². The zero-order chi connectivity index (χ0) is 31.7. The lowest BCUT2D eigenvalue weighted by atomic mass is 10.1. The van der Waals surface area contributed by atoms with Gasteiger partial charge in [-0.3, -0.25) is 9.59 Å². The number of ether oxygens (including phenoxy) is 2. The van der Waals surface area contributed by atoms with Crippen molar-refractivity contribution in [3.8, 4) is 23.0 Å². The van der Waals surface area contributed by atoms with Crippen LogP contribution in [0, 0.1) is 0 Å². The number of phenols is 2. The van der Waals surface area contributed by atoms with Crippen molar-refractivity contribution in [1.29, 1.82) is 0 Å². The van der Waals surface area contributed by atoms with Crippen LogP contribution in [0.15, 0.2) is 60.7 Å². The predicted octanol–water partition coefficient (Wildman–Crippen LogP) is 9.25. The SMILES string of the molecule is CCCCCCC(=O)C=CCCc1ccc(O)c(OC)c1.CCCCCCCC(=O)C=CCCc1ccc(O)c(OC)c1. The van der Waals surface area contributed by atoms with E-state index >= 15 is 0 Å². The Hall–Kier alpha value is -3.54. The van der Waals surface area contributed by atoms with E-state index in [1.807, 2.05) is 36.4 Å². The number of methoxy groups -OCH3 is 2. The molecule has 2 rings (SSSR count). The van der Waals surface area contributed by atoms with Crippen molar-refractivity contribution in [3.05, 3.63) is 71.8 Å². The summed E-state index contributed by atoms with van der Waals surface area (Å²) in [5.74, 6) is 1.72.